The number of thioether (sulfide) groups is 1. The monoisotopic (exact) mass is 310 g/mol. The van der Waals surface area contributed by atoms with Gasteiger partial charge in [-0.1, -0.05) is 17.3 Å². The zero-order valence-electron chi connectivity index (χ0n) is 11.4. The Balaban J connectivity index is 1.62. The van der Waals surface area contributed by atoms with E-state index >= 15 is 0 Å². The van der Waals surface area contributed by atoms with E-state index in [-0.39, 0.29) is 18.4 Å². The second-order valence-corrected chi connectivity index (χ2v) is 5.25. The van der Waals surface area contributed by atoms with Gasteiger partial charge in [0.05, 0.1) is 6.54 Å². The lowest BCUT2D eigenvalue weighted by Crippen LogP contribution is -2.36. The number of hydrogen-bond donors (Lipinski definition) is 2. The predicted molar refractivity (Wildman–Crippen MR) is 76.4 cm³/mol. The molecule has 0 saturated heterocycles. The summed E-state index contributed by atoms with van der Waals surface area (Å²) < 4.78 is 18.1. The highest BCUT2D eigenvalue weighted by Gasteiger charge is 2.05. The number of halogens is 1. The summed E-state index contributed by atoms with van der Waals surface area (Å²) in [7, 11) is 0. The molecule has 2 rings (SSSR count). The van der Waals surface area contributed by atoms with Crippen molar-refractivity contribution in [1.82, 2.24) is 20.8 Å². The Morgan fingerprint density at radius 2 is 2.19 bits per heavy atom. The van der Waals surface area contributed by atoms with Crippen LogP contribution in [0.2, 0.25) is 0 Å². The fourth-order valence-corrected chi connectivity index (χ4v) is 2.33. The van der Waals surface area contributed by atoms with Crippen molar-refractivity contribution in [3.63, 3.8) is 0 Å². The number of carbonyl (C=O) groups excluding carboxylic acids is 1. The van der Waals surface area contributed by atoms with E-state index in [1.165, 1.54) is 17.8 Å². The Labute approximate surface area is 125 Å². The average molecular weight is 310 g/mol. The van der Waals surface area contributed by atoms with Crippen molar-refractivity contribution in [2.45, 2.75) is 18.4 Å². The van der Waals surface area contributed by atoms with E-state index in [1.54, 1.807) is 25.1 Å². The van der Waals surface area contributed by atoms with Crippen LogP contribution in [0.1, 0.15) is 11.7 Å². The van der Waals surface area contributed by atoms with Crippen molar-refractivity contribution < 1.29 is 13.7 Å². The molecule has 0 unspecified atom stereocenters. The Morgan fingerprint density at radius 1 is 1.38 bits per heavy atom. The molecule has 2 N–H and O–H groups in total. The van der Waals surface area contributed by atoms with Gasteiger partial charge in [-0.15, -0.1) is 11.8 Å². The number of nitrogens with one attached hydrogen (secondary N) is 2. The molecule has 0 aliphatic rings. The quantitative estimate of drug-likeness (QED) is 0.631. The summed E-state index contributed by atoms with van der Waals surface area (Å²) in [5.74, 6) is 1.20. The second kappa shape index (κ2) is 7.63. The van der Waals surface area contributed by atoms with Crippen LogP contribution in [0.15, 0.2) is 33.7 Å². The number of nitrogens with zero attached hydrogens (tertiary/aromatic N) is 2. The number of benzene rings is 1. The largest absolute Gasteiger partial charge is 0.340 e. The zero-order valence-corrected chi connectivity index (χ0v) is 12.2. The van der Waals surface area contributed by atoms with Crippen LogP contribution >= 0.6 is 11.8 Å². The van der Waals surface area contributed by atoms with Gasteiger partial charge in [-0.3, -0.25) is 0 Å². The summed E-state index contributed by atoms with van der Waals surface area (Å²) in [5, 5.41) is 8.93. The normalized spacial score (nSPS) is 10.4. The van der Waals surface area contributed by atoms with Crippen molar-refractivity contribution >= 4 is 17.8 Å². The van der Waals surface area contributed by atoms with Crippen LogP contribution in [0.5, 0.6) is 0 Å². The van der Waals surface area contributed by atoms with E-state index in [9.17, 15) is 9.18 Å². The molecular weight excluding hydrogens is 295 g/mol. The SMILES string of the molecule is Cc1nc(CNC(=O)NCCSc2ccccc2F)no1. The van der Waals surface area contributed by atoms with Crippen LogP contribution in [0.3, 0.4) is 0 Å². The third-order valence-corrected chi connectivity index (χ3v) is 3.51. The summed E-state index contributed by atoms with van der Waals surface area (Å²) in [6, 6.07) is 6.21. The Hall–Kier alpha value is -2.09. The fraction of sp³-hybridized carbons (Fsp3) is 0.308. The number of urea groups is 1. The first-order valence-corrected chi connectivity index (χ1v) is 7.32. The topological polar surface area (TPSA) is 80.0 Å². The van der Waals surface area contributed by atoms with E-state index in [0.717, 1.165) is 0 Å². The zero-order chi connectivity index (χ0) is 15.1. The first kappa shape index (κ1) is 15.3. The van der Waals surface area contributed by atoms with Crippen molar-refractivity contribution in [3.05, 3.63) is 41.8 Å². The number of carbonyl (C=O) groups is 1. The molecule has 6 nitrogen and oxygen atoms in total. The molecular formula is C13H15FN4O2S. The summed E-state index contributed by atoms with van der Waals surface area (Å²) in [6.07, 6.45) is 0. The van der Waals surface area contributed by atoms with Gasteiger partial charge in [0.2, 0.25) is 5.89 Å². The third kappa shape index (κ3) is 5.07. The smallest absolute Gasteiger partial charge is 0.315 e. The minimum atomic E-state index is -0.327. The van der Waals surface area contributed by atoms with Crippen molar-refractivity contribution in [2.75, 3.05) is 12.3 Å². The minimum Gasteiger partial charge on any atom is -0.340 e. The lowest BCUT2D eigenvalue weighted by Gasteiger charge is -2.06. The standard InChI is InChI=1S/C13H15FN4O2S/c1-9-17-12(18-20-9)8-16-13(19)15-6-7-21-11-5-3-2-4-10(11)14/h2-5H,6-8H2,1H3,(H2,15,16,19). The van der Waals surface area contributed by atoms with Crippen LogP contribution in [-0.4, -0.2) is 28.5 Å². The first-order valence-electron chi connectivity index (χ1n) is 6.33. The molecule has 0 aliphatic heterocycles. The van der Waals surface area contributed by atoms with E-state index in [1.807, 2.05) is 0 Å². The predicted octanol–water partition coefficient (Wildman–Crippen LogP) is 2.11. The van der Waals surface area contributed by atoms with Crippen LogP contribution in [-0.2, 0) is 6.54 Å². The van der Waals surface area contributed by atoms with Crippen LogP contribution in [0.4, 0.5) is 9.18 Å². The van der Waals surface area contributed by atoms with Gasteiger partial charge >= 0.3 is 6.03 Å². The highest BCUT2D eigenvalue weighted by Crippen LogP contribution is 2.20. The first-order chi connectivity index (χ1) is 10.1. The van der Waals surface area contributed by atoms with Gasteiger partial charge in [-0.2, -0.15) is 4.98 Å². The van der Waals surface area contributed by atoms with Crippen molar-refractivity contribution in [2.24, 2.45) is 0 Å². The molecule has 0 atom stereocenters. The Morgan fingerprint density at radius 3 is 2.90 bits per heavy atom. The maximum atomic E-state index is 13.3. The molecule has 0 bridgehead atoms. The van der Waals surface area contributed by atoms with E-state index in [2.05, 4.69) is 20.8 Å². The molecule has 1 aromatic carbocycles. The molecule has 1 heterocycles. The molecule has 0 fully saturated rings. The molecule has 0 saturated carbocycles. The number of rotatable bonds is 6. The fourth-order valence-electron chi connectivity index (χ4n) is 1.52. The summed E-state index contributed by atoms with van der Waals surface area (Å²) in [6.45, 7) is 2.30. The van der Waals surface area contributed by atoms with Crippen molar-refractivity contribution in [1.29, 1.82) is 0 Å². The highest BCUT2D eigenvalue weighted by molar-refractivity contribution is 7.99. The number of hydrogen-bond acceptors (Lipinski definition) is 5. The van der Waals surface area contributed by atoms with E-state index in [0.29, 0.717) is 28.9 Å². The van der Waals surface area contributed by atoms with Gasteiger partial charge in [-0.05, 0) is 12.1 Å². The van der Waals surface area contributed by atoms with Crippen LogP contribution in [0.25, 0.3) is 0 Å². The molecule has 112 valence electrons. The van der Waals surface area contributed by atoms with Gasteiger partial charge in [-0.25, -0.2) is 9.18 Å². The van der Waals surface area contributed by atoms with E-state index < -0.39 is 0 Å². The molecule has 8 heteroatoms. The van der Waals surface area contributed by atoms with Crippen LogP contribution in [0, 0.1) is 12.7 Å². The maximum absolute atomic E-state index is 13.3. The molecule has 0 radical (unpaired) electrons. The molecule has 0 aliphatic carbocycles. The molecule has 21 heavy (non-hydrogen) atoms. The van der Waals surface area contributed by atoms with Crippen molar-refractivity contribution in [3.8, 4) is 0 Å². The molecule has 2 amide bonds. The summed E-state index contributed by atoms with van der Waals surface area (Å²) in [5.41, 5.74) is 0. The minimum absolute atomic E-state index is 0.198. The van der Waals surface area contributed by atoms with Gasteiger partial charge in [0.15, 0.2) is 5.82 Å². The lowest BCUT2D eigenvalue weighted by molar-refractivity contribution is 0.240. The second-order valence-electron chi connectivity index (χ2n) is 4.12. The van der Waals surface area contributed by atoms with Gasteiger partial charge < -0.3 is 15.2 Å². The molecule has 2 aromatic rings. The van der Waals surface area contributed by atoms with Crippen LogP contribution < -0.4 is 10.6 Å². The lowest BCUT2D eigenvalue weighted by atomic mass is 10.3. The van der Waals surface area contributed by atoms with E-state index in [4.69, 9.17) is 4.52 Å². The number of amides is 2. The average Bonchev–Trinajstić information content (AvgIpc) is 2.89. The highest BCUT2D eigenvalue weighted by atomic mass is 32.2. The van der Waals surface area contributed by atoms with Gasteiger partial charge in [0.1, 0.15) is 5.82 Å². The number of aromatic nitrogens is 2. The summed E-state index contributed by atoms with van der Waals surface area (Å²) >= 11 is 1.35. The Bertz CT molecular complexity index is 605. The molecule has 0 spiro atoms. The number of aryl methyl sites for hydroxylation is 1. The third-order valence-electron chi connectivity index (χ3n) is 2.46. The van der Waals surface area contributed by atoms with Gasteiger partial charge in [0, 0.05) is 24.1 Å². The maximum Gasteiger partial charge on any atom is 0.315 e. The Kier molecular flexibility index (Phi) is 5.56. The molecule has 1 aromatic heterocycles. The van der Waals surface area contributed by atoms with Gasteiger partial charge in [0.25, 0.3) is 0 Å². The summed E-state index contributed by atoms with van der Waals surface area (Å²) in [4.78, 5) is 16.0.